The first-order valence-electron chi connectivity index (χ1n) is 4.16. The van der Waals surface area contributed by atoms with Crippen molar-refractivity contribution < 1.29 is 9.90 Å². The highest BCUT2D eigenvalue weighted by molar-refractivity contribution is 5.65. The van der Waals surface area contributed by atoms with Crippen molar-refractivity contribution in [3.05, 3.63) is 25.3 Å². The van der Waals surface area contributed by atoms with E-state index in [1.807, 2.05) is 0 Å². The van der Waals surface area contributed by atoms with E-state index in [2.05, 4.69) is 18.5 Å². The van der Waals surface area contributed by atoms with E-state index in [0.29, 0.717) is 13.1 Å². The average Bonchev–Trinajstić information content (AvgIpc) is 2.16. The van der Waals surface area contributed by atoms with Gasteiger partial charge in [-0.1, -0.05) is 12.2 Å². The molecule has 1 aliphatic rings. The van der Waals surface area contributed by atoms with Crippen LogP contribution in [0.5, 0.6) is 0 Å². The van der Waals surface area contributed by atoms with Gasteiger partial charge >= 0.3 is 6.09 Å². The zero-order valence-electron chi connectivity index (χ0n) is 7.44. The molecule has 72 valence electrons. The molecule has 0 saturated carbocycles. The normalized spacial score (nSPS) is 28.2. The van der Waals surface area contributed by atoms with Crippen LogP contribution in [0.3, 0.4) is 0 Å². The summed E-state index contributed by atoms with van der Waals surface area (Å²) in [7, 11) is 0. The Balaban J connectivity index is 2.63. The molecule has 4 heteroatoms. The Morgan fingerprint density at radius 1 is 1.38 bits per heavy atom. The second-order valence-electron chi connectivity index (χ2n) is 3.04. The monoisotopic (exact) mass is 182 g/mol. The molecule has 0 radical (unpaired) electrons. The van der Waals surface area contributed by atoms with Crippen molar-refractivity contribution in [2.45, 2.75) is 12.1 Å². The van der Waals surface area contributed by atoms with Gasteiger partial charge in [-0.15, -0.1) is 13.2 Å². The number of carbonyl (C=O) groups is 1. The highest BCUT2D eigenvalue weighted by Crippen LogP contribution is 2.05. The van der Waals surface area contributed by atoms with E-state index in [1.165, 1.54) is 4.90 Å². The number of hydrogen-bond acceptors (Lipinski definition) is 2. The fourth-order valence-corrected chi connectivity index (χ4v) is 1.37. The summed E-state index contributed by atoms with van der Waals surface area (Å²) in [5.74, 6) is 0. The van der Waals surface area contributed by atoms with Gasteiger partial charge in [0.2, 0.25) is 0 Å². The smallest absolute Gasteiger partial charge is 0.407 e. The molecule has 2 unspecified atom stereocenters. The van der Waals surface area contributed by atoms with Gasteiger partial charge in [0.15, 0.2) is 0 Å². The lowest BCUT2D eigenvalue weighted by Crippen LogP contribution is -2.56. The molecule has 0 bridgehead atoms. The number of hydrogen-bond donors (Lipinski definition) is 2. The van der Waals surface area contributed by atoms with E-state index in [1.54, 1.807) is 12.2 Å². The summed E-state index contributed by atoms with van der Waals surface area (Å²) in [6, 6.07) is 0.0423. The maximum atomic E-state index is 10.7. The molecule has 1 aliphatic heterocycles. The molecule has 1 heterocycles. The maximum absolute atomic E-state index is 10.7. The van der Waals surface area contributed by atoms with Crippen LogP contribution in [0.15, 0.2) is 25.3 Å². The van der Waals surface area contributed by atoms with E-state index >= 15 is 0 Å². The molecule has 0 aromatic rings. The van der Waals surface area contributed by atoms with Gasteiger partial charge in [0, 0.05) is 25.2 Å². The van der Waals surface area contributed by atoms with Crippen molar-refractivity contribution >= 4 is 6.09 Å². The fraction of sp³-hybridized carbons (Fsp3) is 0.444. The Morgan fingerprint density at radius 2 is 1.85 bits per heavy atom. The van der Waals surface area contributed by atoms with E-state index < -0.39 is 6.09 Å². The molecular weight excluding hydrogens is 168 g/mol. The summed E-state index contributed by atoms with van der Waals surface area (Å²) in [5, 5.41) is 12.0. The second-order valence-corrected chi connectivity index (χ2v) is 3.04. The lowest BCUT2D eigenvalue weighted by Gasteiger charge is -2.34. The van der Waals surface area contributed by atoms with Crippen LogP contribution in [0.25, 0.3) is 0 Å². The van der Waals surface area contributed by atoms with Crippen molar-refractivity contribution in [1.29, 1.82) is 0 Å². The maximum Gasteiger partial charge on any atom is 0.407 e. The van der Waals surface area contributed by atoms with Crippen LogP contribution in [0.2, 0.25) is 0 Å². The van der Waals surface area contributed by atoms with Gasteiger partial charge in [0.25, 0.3) is 0 Å². The number of rotatable bonds is 2. The summed E-state index contributed by atoms with van der Waals surface area (Å²) in [4.78, 5) is 12.1. The molecule has 1 saturated heterocycles. The third-order valence-electron chi connectivity index (χ3n) is 2.10. The Morgan fingerprint density at radius 3 is 2.15 bits per heavy atom. The molecule has 0 aromatic heterocycles. The third-order valence-corrected chi connectivity index (χ3v) is 2.10. The second kappa shape index (κ2) is 4.09. The minimum Gasteiger partial charge on any atom is -0.465 e. The molecule has 1 fully saturated rings. The van der Waals surface area contributed by atoms with Gasteiger partial charge in [-0.2, -0.15) is 0 Å². The van der Waals surface area contributed by atoms with Crippen molar-refractivity contribution in [2.75, 3.05) is 13.1 Å². The molecule has 4 nitrogen and oxygen atoms in total. The molecule has 1 rings (SSSR count). The summed E-state index contributed by atoms with van der Waals surface area (Å²) in [6.07, 6.45) is 2.54. The molecule has 1 amide bonds. The highest BCUT2D eigenvalue weighted by Gasteiger charge is 2.25. The number of nitrogens with zero attached hydrogens (tertiary/aromatic N) is 1. The SMILES string of the molecule is C=CC1CN(C(=O)O)CC(C=C)N1. The standard InChI is InChI=1S/C9H14N2O2/c1-3-7-5-11(9(12)13)6-8(4-2)10-7/h3-4,7-8,10H,1-2,5-6H2,(H,12,13). The number of amides is 1. The van der Waals surface area contributed by atoms with Crippen LogP contribution < -0.4 is 5.32 Å². The minimum atomic E-state index is -0.889. The number of nitrogens with one attached hydrogen (secondary N) is 1. The number of piperazine rings is 1. The summed E-state index contributed by atoms with van der Waals surface area (Å²) in [6.45, 7) is 8.18. The summed E-state index contributed by atoms with van der Waals surface area (Å²) >= 11 is 0. The van der Waals surface area contributed by atoms with E-state index in [4.69, 9.17) is 5.11 Å². The fourth-order valence-electron chi connectivity index (χ4n) is 1.37. The Labute approximate surface area is 77.5 Å². The summed E-state index contributed by atoms with van der Waals surface area (Å²) < 4.78 is 0. The average molecular weight is 182 g/mol. The molecule has 0 aromatic carbocycles. The predicted molar refractivity (Wildman–Crippen MR) is 50.7 cm³/mol. The first-order valence-corrected chi connectivity index (χ1v) is 4.16. The van der Waals surface area contributed by atoms with Gasteiger partial charge in [-0.05, 0) is 0 Å². The minimum absolute atomic E-state index is 0.0212. The highest BCUT2D eigenvalue weighted by atomic mass is 16.4. The van der Waals surface area contributed by atoms with Gasteiger partial charge in [-0.3, -0.25) is 0 Å². The van der Waals surface area contributed by atoms with Crippen LogP contribution in [0.4, 0.5) is 4.79 Å². The van der Waals surface area contributed by atoms with Crippen LogP contribution in [0.1, 0.15) is 0 Å². The molecular formula is C9H14N2O2. The zero-order valence-corrected chi connectivity index (χ0v) is 7.44. The van der Waals surface area contributed by atoms with Gasteiger partial charge in [-0.25, -0.2) is 4.79 Å². The van der Waals surface area contributed by atoms with Crippen molar-refractivity contribution in [1.82, 2.24) is 10.2 Å². The van der Waals surface area contributed by atoms with E-state index in [0.717, 1.165) is 0 Å². The van der Waals surface area contributed by atoms with Crippen LogP contribution in [0, 0.1) is 0 Å². The van der Waals surface area contributed by atoms with Crippen LogP contribution in [-0.2, 0) is 0 Å². The first kappa shape index (κ1) is 9.80. The van der Waals surface area contributed by atoms with Crippen molar-refractivity contribution in [2.24, 2.45) is 0 Å². The largest absolute Gasteiger partial charge is 0.465 e. The topological polar surface area (TPSA) is 52.6 Å². The van der Waals surface area contributed by atoms with Gasteiger partial charge in [0.05, 0.1) is 0 Å². The lowest BCUT2D eigenvalue weighted by atomic mass is 10.1. The molecule has 2 N–H and O–H groups in total. The number of carboxylic acid groups (broad SMARTS) is 1. The van der Waals surface area contributed by atoms with E-state index in [-0.39, 0.29) is 12.1 Å². The summed E-state index contributed by atoms with van der Waals surface area (Å²) in [5.41, 5.74) is 0. The quantitative estimate of drug-likeness (QED) is 0.617. The van der Waals surface area contributed by atoms with Gasteiger partial charge in [0.1, 0.15) is 0 Å². The van der Waals surface area contributed by atoms with Crippen LogP contribution >= 0.6 is 0 Å². The van der Waals surface area contributed by atoms with Crippen LogP contribution in [-0.4, -0.2) is 41.3 Å². The molecule has 13 heavy (non-hydrogen) atoms. The van der Waals surface area contributed by atoms with Crippen molar-refractivity contribution in [3.63, 3.8) is 0 Å². The first-order chi connectivity index (χ1) is 6.17. The predicted octanol–water partition coefficient (Wildman–Crippen LogP) is 0.679. The van der Waals surface area contributed by atoms with Crippen molar-refractivity contribution in [3.8, 4) is 0 Å². The molecule has 0 aliphatic carbocycles. The molecule has 0 spiro atoms. The Bertz CT molecular complexity index is 212. The Hall–Kier alpha value is -1.29. The zero-order chi connectivity index (χ0) is 9.84. The Kier molecular flexibility index (Phi) is 3.08. The van der Waals surface area contributed by atoms with E-state index in [9.17, 15) is 4.79 Å². The van der Waals surface area contributed by atoms with Gasteiger partial charge < -0.3 is 15.3 Å². The molecule has 2 atom stereocenters. The third kappa shape index (κ3) is 2.32. The lowest BCUT2D eigenvalue weighted by molar-refractivity contribution is 0.127.